The summed E-state index contributed by atoms with van der Waals surface area (Å²) in [6, 6.07) is 7.67. The van der Waals surface area contributed by atoms with Crippen LogP contribution < -0.4 is 0 Å². The summed E-state index contributed by atoms with van der Waals surface area (Å²) in [4.78, 5) is 0. The number of hydrogen-bond donors (Lipinski definition) is 2. The average Bonchev–Trinajstić information content (AvgIpc) is 2.26. The third-order valence-electron chi connectivity index (χ3n) is 2.92. The van der Waals surface area contributed by atoms with Crippen molar-refractivity contribution in [3.8, 4) is 0 Å². The molecule has 0 spiro atoms. The Morgan fingerprint density at radius 2 is 1.88 bits per heavy atom. The molecule has 16 heavy (non-hydrogen) atoms. The third-order valence-corrected chi connectivity index (χ3v) is 3.26. The molecule has 0 aliphatic carbocycles. The minimum atomic E-state index is -0.698. The van der Waals surface area contributed by atoms with Crippen LogP contribution in [-0.4, -0.2) is 22.4 Å². The van der Waals surface area contributed by atoms with Crippen LogP contribution in [0.15, 0.2) is 24.3 Å². The second kappa shape index (κ2) is 6.24. The first-order chi connectivity index (χ1) is 7.56. The predicted octanol–water partition coefficient (Wildman–Crippen LogP) is 2.97. The third kappa shape index (κ3) is 3.48. The van der Waals surface area contributed by atoms with Gasteiger partial charge in [0.05, 0.1) is 12.2 Å². The van der Waals surface area contributed by atoms with Crippen molar-refractivity contribution in [1.29, 1.82) is 0 Å². The summed E-state index contributed by atoms with van der Waals surface area (Å²) < 4.78 is 0. The van der Waals surface area contributed by atoms with Gasteiger partial charge in [-0.25, -0.2) is 0 Å². The van der Waals surface area contributed by atoms with Gasteiger partial charge in [0.2, 0.25) is 0 Å². The van der Waals surface area contributed by atoms with E-state index in [1.54, 1.807) is 6.92 Å². The smallest absolute Gasteiger partial charge is 0.0802 e. The fourth-order valence-electron chi connectivity index (χ4n) is 1.81. The van der Waals surface area contributed by atoms with Gasteiger partial charge in [-0.3, -0.25) is 0 Å². The van der Waals surface area contributed by atoms with Gasteiger partial charge < -0.3 is 10.2 Å². The Morgan fingerprint density at radius 3 is 2.38 bits per heavy atom. The molecule has 3 unspecified atom stereocenters. The molecule has 1 aromatic rings. The molecule has 2 nitrogen and oxygen atoms in total. The summed E-state index contributed by atoms with van der Waals surface area (Å²) in [5, 5.41) is 19.7. The van der Waals surface area contributed by atoms with Crippen LogP contribution in [0.1, 0.15) is 38.2 Å². The van der Waals surface area contributed by atoms with Gasteiger partial charge in [-0.2, -0.15) is 0 Å². The lowest BCUT2D eigenvalue weighted by molar-refractivity contribution is 0.0215. The maximum absolute atomic E-state index is 9.69. The Labute approximate surface area is 102 Å². The highest BCUT2D eigenvalue weighted by Gasteiger charge is 2.19. The molecule has 0 saturated heterocycles. The summed E-state index contributed by atoms with van der Waals surface area (Å²) in [5.74, 6) is 0.193. The Morgan fingerprint density at radius 1 is 1.25 bits per heavy atom. The fourth-order valence-corrected chi connectivity index (χ4v) is 2.10. The zero-order chi connectivity index (χ0) is 12.1. The van der Waals surface area contributed by atoms with E-state index in [1.807, 2.05) is 24.3 Å². The Hall–Kier alpha value is -0.570. The minimum Gasteiger partial charge on any atom is -0.391 e. The molecule has 3 heteroatoms. The monoisotopic (exact) mass is 242 g/mol. The maximum atomic E-state index is 9.69. The first-order valence-electron chi connectivity index (χ1n) is 5.66. The van der Waals surface area contributed by atoms with Crippen molar-refractivity contribution in [3.63, 3.8) is 0 Å². The molecule has 90 valence electrons. The number of hydrogen-bond acceptors (Lipinski definition) is 2. The Balaban J connectivity index is 2.79. The zero-order valence-electron chi connectivity index (χ0n) is 9.73. The second-order valence-corrected chi connectivity index (χ2v) is 4.58. The van der Waals surface area contributed by atoms with E-state index in [-0.39, 0.29) is 5.92 Å². The van der Waals surface area contributed by atoms with Gasteiger partial charge in [0, 0.05) is 5.02 Å². The normalized spacial score (nSPS) is 16.8. The minimum absolute atomic E-state index is 0.193. The van der Waals surface area contributed by atoms with Crippen molar-refractivity contribution in [1.82, 2.24) is 0 Å². The SMILES string of the molecule is CCC(CC(O)C(C)O)c1ccccc1Cl. The van der Waals surface area contributed by atoms with Crippen LogP contribution in [0.5, 0.6) is 0 Å². The standard InChI is InChI=1S/C13H19ClO2/c1-3-10(8-13(16)9(2)15)11-6-4-5-7-12(11)14/h4-7,9-10,13,15-16H,3,8H2,1-2H3. The van der Waals surface area contributed by atoms with E-state index < -0.39 is 12.2 Å². The van der Waals surface area contributed by atoms with Crippen molar-refractivity contribution >= 4 is 11.6 Å². The summed E-state index contributed by atoms with van der Waals surface area (Å²) in [5.41, 5.74) is 1.05. The first kappa shape index (κ1) is 13.5. The van der Waals surface area contributed by atoms with Gasteiger partial charge in [0.15, 0.2) is 0 Å². The Kier molecular flexibility index (Phi) is 5.26. The molecular formula is C13H19ClO2. The lowest BCUT2D eigenvalue weighted by atomic mass is 9.89. The summed E-state index contributed by atoms with van der Waals surface area (Å²) >= 11 is 6.12. The summed E-state index contributed by atoms with van der Waals surface area (Å²) in [7, 11) is 0. The molecule has 0 heterocycles. The van der Waals surface area contributed by atoms with Crippen LogP contribution in [0.3, 0.4) is 0 Å². The van der Waals surface area contributed by atoms with E-state index >= 15 is 0 Å². The van der Waals surface area contributed by atoms with Gasteiger partial charge in [0.1, 0.15) is 0 Å². The second-order valence-electron chi connectivity index (χ2n) is 4.17. The largest absolute Gasteiger partial charge is 0.391 e. The molecule has 0 aromatic heterocycles. The lowest BCUT2D eigenvalue weighted by Crippen LogP contribution is -2.24. The predicted molar refractivity (Wildman–Crippen MR) is 66.8 cm³/mol. The van der Waals surface area contributed by atoms with Crippen LogP contribution in [0.25, 0.3) is 0 Å². The van der Waals surface area contributed by atoms with Crippen LogP contribution in [0.4, 0.5) is 0 Å². The van der Waals surface area contributed by atoms with Crippen LogP contribution in [0.2, 0.25) is 5.02 Å². The maximum Gasteiger partial charge on any atom is 0.0802 e. The summed E-state index contributed by atoms with van der Waals surface area (Å²) in [6.45, 7) is 3.66. The number of halogens is 1. The molecule has 0 bridgehead atoms. The number of aliphatic hydroxyl groups excluding tert-OH is 2. The van der Waals surface area contributed by atoms with Crippen molar-refractivity contribution in [2.75, 3.05) is 0 Å². The molecule has 1 rings (SSSR count). The first-order valence-corrected chi connectivity index (χ1v) is 6.04. The number of aliphatic hydroxyl groups is 2. The number of rotatable bonds is 5. The number of benzene rings is 1. The van der Waals surface area contributed by atoms with E-state index in [0.717, 1.165) is 17.0 Å². The fraction of sp³-hybridized carbons (Fsp3) is 0.538. The van der Waals surface area contributed by atoms with Gasteiger partial charge >= 0.3 is 0 Å². The highest BCUT2D eigenvalue weighted by molar-refractivity contribution is 6.31. The molecule has 2 N–H and O–H groups in total. The average molecular weight is 243 g/mol. The van der Waals surface area contributed by atoms with E-state index in [9.17, 15) is 10.2 Å². The van der Waals surface area contributed by atoms with Gasteiger partial charge in [0.25, 0.3) is 0 Å². The van der Waals surface area contributed by atoms with E-state index in [0.29, 0.717) is 6.42 Å². The van der Waals surface area contributed by atoms with Crippen molar-refractivity contribution < 1.29 is 10.2 Å². The van der Waals surface area contributed by atoms with Crippen molar-refractivity contribution in [2.45, 2.75) is 44.8 Å². The van der Waals surface area contributed by atoms with Gasteiger partial charge in [-0.15, -0.1) is 0 Å². The molecule has 0 fully saturated rings. The molecular weight excluding hydrogens is 224 g/mol. The van der Waals surface area contributed by atoms with Crippen LogP contribution in [-0.2, 0) is 0 Å². The molecule has 0 aliphatic heterocycles. The Bertz CT molecular complexity index is 325. The lowest BCUT2D eigenvalue weighted by Gasteiger charge is -2.21. The summed E-state index contributed by atoms with van der Waals surface area (Å²) in [6.07, 6.45) is 0.0450. The van der Waals surface area contributed by atoms with E-state index in [2.05, 4.69) is 6.92 Å². The quantitative estimate of drug-likeness (QED) is 0.834. The van der Waals surface area contributed by atoms with E-state index in [4.69, 9.17) is 11.6 Å². The highest BCUT2D eigenvalue weighted by Crippen LogP contribution is 2.30. The molecule has 1 aromatic carbocycles. The molecule has 0 amide bonds. The molecule has 3 atom stereocenters. The molecule has 0 aliphatic rings. The highest BCUT2D eigenvalue weighted by atomic mass is 35.5. The van der Waals surface area contributed by atoms with Gasteiger partial charge in [-0.1, -0.05) is 36.7 Å². The van der Waals surface area contributed by atoms with Crippen molar-refractivity contribution in [3.05, 3.63) is 34.9 Å². The van der Waals surface area contributed by atoms with Crippen LogP contribution in [0, 0.1) is 0 Å². The van der Waals surface area contributed by atoms with Crippen molar-refractivity contribution in [2.24, 2.45) is 0 Å². The van der Waals surface area contributed by atoms with Gasteiger partial charge in [-0.05, 0) is 37.3 Å². The zero-order valence-corrected chi connectivity index (χ0v) is 10.5. The molecule has 0 radical (unpaired) electrons. The topological polar surface area (TPSA) is 40.5 Å². The van der Waals surface area contributed by atoms with Crippen LogP contribution >= 0.6 is 11.6 Å². The van der Waals surface area contributed by atoms with E-state index in [1.165, 1.54) is 0 Å². The molecule has 0 saturated carbocycles.